The second-order valence-electron chi connectivity index (χ2n) is 5.55. The fraction of sp³-hybridized carbons (Fsp3) is 0.467. The minimum absolute atomic E-state index is 0. The minimum atomic E-state index is -1.36. The molecule has 23 heavy (non-hydrogen) atoms. The van der Waals surface area contributed by atoms with Gasteiger partial charge in [0.05, 0.1) is 6.10 Å². The summed E-state index contributed by atoms with van der Waals surface area (Å²) in [5.41, 5.74) is 10.2. The number of rotatable bonds is 5. The van der Waals surface area contributed by atoms with Crippen molar-refractivity contribution >= 4 is 35.8 Å². The number of benzene rings is 1. The van der Waals surface area contributed by atoms with Gasteiger partial charge in [-0.3, -0.25) is 9.59 Å². The second-order valence-corrected chi connectivity index (χ2v) is 5.99. The number of carbonyl (C=O) groups excluding carboxylic acids is 2. The second kappa shape index (κ2) is 7.97. The topological polar surface area (TPSA) is 107 Å². The molecule has 1 aliphatic heterocycles. The van der Waals surface area contributed by atoms with Crippen molar-refractivity contribution in [2.75, 3.05) is 6.54 Å². The number of hydrogen-bond donors (Lipinski definition) is 3. The largest absolute Gasteiger partial charge is 0.367 e. The smallest absolute Gasteiger partial charge is 0.250 e. The van der Waals surface area contributed by atoms with Gasteiger partial charge in [-0.15, -0.1) is 12.4 Å². The molecule has 0 bridgehead atoms. The molecule has 3 atom stereocenters. The van der Waals surface area contributed by atoms with Crippen LogP contribution in [0.1, 0.15) is 25.3 Å². The molecular weight excluding hydrogens is 341 g/mol. The summed E-state index contributed by atoms with van der Waals surface area (Å²) < 4.78 is 5.54. The van der Waals surface area contributed by atoms with Gasteiger partial charge in [0.2, 0.25) is 11.8 Å². The highest BCUT2D eigenvalue weighted by Gasteiger charge is 2.39. The molecule has 128 valence electrons. The van der Waals surface area contributed by atoms with Crippen molar-refractivity contribution in [1.82, 2.24) is 5.32 Å². The van der Waals surface area contributed by atoms with E-state index in [2.05, 4.69) is 5.32 Å². The maximum absolute atomic E-state index is 12.4. The van der Waals surface area contributed by atoms with Gasteiger partial charge >= 0.3 is 0 Å². The summed E-state index contributed by atoms with van der Waals surface area (Å²) in [6, 6.07) is 6.67. The highest BCUT2D eigenvalue weighted by Crippen LogP contribution is 2.25. The number of nitrogens with two attached hydrogens (primary N) is 2. The van der Waals surface area contributed by atoms with E-state index in [9.17, 15) is 9.59 Å². The molecular formula is C15H21Cl2N3O3. The lowest BCUT2D eigenvalue weighted by atomic mass is 9.90. The van der Waals surface area contributed by atoms with E-state index < -0.39 is 17.6 Å². The van der Waals surface area contributed by atoms with Gasteiger partial charge in [-0.2, -0.15) is 0 Å². The van der Waals surface area contributed by atoms with Crippen LogP contribution in [0.5, 0.6) is 0 Å². The van der Waals surface area contributed by atoms with Gasteiger partial charge in [-0.25, -0.2) is 0 Å². The van der Waals surface area contributed by atoms with Crippen LogP contribution in [0.4, 0.5) is 0 Å². The molecule has 0 aliphatic carbocycles. The molecule has 0 radical (unpaired) electrons. The number of hydrogen-bond acceptors (Lipinski definition) is 4. The number of ether oxygens (including phenoxy) is 1. The van der Waals surface area contributed by atoms with E-state index >= 15 is 0 Å². The van der Waals surface area contributed by atoms with Crippen LogP contribution in [0, 0.1) is 0 Å². The Morgan fingerprint density at radius 2 is 2.13 bits per heavy atom. The molecule has 1 aliphatic rings. The van der Waals surface area contributed by atoms with Gasteiger partial charge in [0, 0.05) is 11.6 Å². The fourth-order valence-electron chi connectivity index (χ4n) is 2.47. The van der Waals surface area contributed by atoms with Crippen LogP contribution in [-0.2, 0) is 19.9 Å². The van der Waals surface area contributed by atoms with E-state index in [1.807, 2.05) is 0 Å². The molecule has 0 saturated carbocycles. The Kier molecular flexibility index (Phi) is 6.83. The molecule has 2 rings (SSSR count). The Hall–Kier alpha value is -1.34. The normalized spacial score (nSPS) is 22.7. The van der Waals surface area contributed by atoms with Crippen molar-refractivity contribution in [2.24, 2.45) is 11.5 Å². The van der Waals surface area contributed by atoms with Crippen molar-refractivity contribution in [3.8, 4) is 0 Å². The summed E-state index contributed by atoms with van der Waals surface area (Å²) in [5, 5.41) is 3.14. The lowest BCUT2D eigenvalue weighted by Gasteiger charge is -2.29. The molecule has 1 heterocycles. The van der Waals surface area contributed by atoms with Gasteiger partial charge in [0.15, 0.2) is 0 Å². The van der Waals surface area contributed by atoms with E-state index in [1.165, 1.54) is 0 Å². The number of primary amides is 1. The molecule has 6 nitrogen and oxygen atoms in total. The summed E-state index contributed by atoms with van der Waals surface area (Å²) in [7, 11) is 0. The zero-order valence-electron chi connectivity index (χ0n) is 12.8. The number of halogens is 2. The molecule has 1 fully saturated rings. The highest BCUT2D eigenvalue weighted by molar-refractivity contribution is 6.30. The number of amides is 2. The SMILES string of the molecule is CC(NC(=O)[C@@H]1CC[C@H](CN)O1)(C(N)=O)c1cccc(Cl)c1.Cl. The van der Waals surface area contributed by atoms with E-state index in [1.54, 1.807) is 31.2 Å². The van der Waals surface area contributed by atoms with Gasteiger partial charge in [-0.05, 0) is 37.5 Å². The summed E-state index contributed by atoms with van der Waals surface area (Å²) in [6.07, 6.45) is 0.546. The van der Waals surface area contributed by atoms with Crippen LogP contribution in [0.15, 0.2) is 24.3 Å². The van der Waals surface area contributed by atoms with Crippen LogP contribution in [0.2, 0.25) is 5.02 Å². The first-order chi connectivity index (χ1) is 10.4. The third-order valence-electron chi connectivity index (χ3n) is 3.93. The zero-order valence-corrected chi connectivity index (χ0v) is 14.3. The molecule has 1 aromatic carbocycles. The average Bonchev–Trinajstić information content (AvgIpc) is 2.96. The van der Waals surface area contributed by atoms with Gasteiger partial charge in [0.1, 0.15) is 11.6 Å². The Morgan fingerprint density at radius 1 is 1.43 bits per heavy atom. The Labute approximate surface area is 146 Å². The first kappa shape index (κ1) is 19.7. The molecule has 8 heteroatoms. The summed E-state index contributed by atoms with van der Waals surface area (Å²) in [4.78, 5) is 24.3. The molecule has 1 aromatic rings. The van der Waals surface area contributed by atoms with E-state index in [4.69, 9.17) is 27.8 Å². The monoisotopic (exact) mass is 361 g/mol. The molecule has 1 unspecified atom stereocenters. The van der Waals surface area contributed by atoms with Gasteiger partial charge < -0.3 is 21.5 Å². The number of nitrogens with one attached hydrogen (secondary N) is 1. The molecule has 5 N–H and O–H groups in total. The van der Waals surface area contributed by atoms with E-state index in [0.29, 0.717) is 23.6 Å². The quantitative estimate of drug-likeness (QED) is 0.729. The van der Waals surface area contributed by atoms with Gasteiger partial charge in [-0.1, -0.05) is 23.7 Å². The maximum atomic E-state index is 12.4. The van der Waals surface area contributed by atoms with Crippen molar-refractivity contribution in [2.45, 2.75) is 37.5 Å². The molecule has 0 spiro atoms. The Balaban J connectivity index is 0.00000264. The van der Waals surface area contributed by atoms with Crippen LogP contribution in [0.3, 0.4) is 0 Å². The standard InChI is InChI=1S/C15H20ClN3O3.ClH/c1-15(14(18)21,9-3-2-4-10(16)7-9)19-13(20)12-6-5-11(8-17)22-12;/h2-4,7,11-12H,5-6,8,17H2,1H3,(H2,18,21)(H,19,20);1H/t11-,12+,15?;/m1./s1. The Morgan fingerprint density at radius 3 is 2.65 bits per heavy atom. The third kappa shape index (κ3) is 4.35. The molecule has 2 amide bonds. The maximum Gasteiger partial charge on any atom is 0.250 e. The average molecular weight is 362 g/mol. The first-order valence-corrected chi connectivity index (χ1v) is 7.48. The lowest BCUT2D eigenvalue weighted by Crippen LogP contribution is -2.55. The predicted molar refractivity (Wildman–Crippen MR) is 90.3 cm³/mol. The molecule has 0 aromatic heterocycles. The summed E-state index contributed by atoms with van der Waals surface area (Å²) in [6.45, 7) is 1.92. The minimum Gasteiger partial charge on any atom is -0.367 e. The van der Waals surface area contributed by atoms with E-state index in [0.717, 1.165) is 6.42 Å². The number of carbonyl (C=O) groups is 2. The summed E-state index contributed by atoms with van der Waals surface area (Å²) in [5.74, 6) is -1.05. The fourth-order valence-corrected chi connectivity index (χ4v) is 2.66. The highest BCUT2D eigenvalue weighted by atomic mass is 35.5. The van der Waals surface area contributed by atoms with Gasteiger partial charge in [0.25, 0.3) is 0 Å². The van der Waals surface area contributed by atoms with Crippen molar-refractivity contribution < 1.29 is 14.3 Å². The Bertz CT molecular complexity index is 585. The summed E-state index contributed by atoms with van der Waals surface area (Å²) >= 11 is 5.95. The predicted octanol–water partition coefficient (Wildman–Crippen LogP) is 1.08. The molecule has 1 saturated heterocycles. The van der Waals surface area contributed by atoms with Crippen molar-refractivity contribution in [3.63, 3.8) is 0 Å². The first-order valence-electron chi connectivity index (χ1n) is 7.10. The van der Waals surface area contributed by atoms with E-state index in [-0.39, 0.29) is 24.4 Å². The van der Waals surface area contributed by atoms with Crippen molar-refractivity contribution in [3.05, 3.63) is 34.9 Å². The zero-order chi connectivity index (χ0) is 16.3. The van der Waals surface area contributed by atoms with Crippen molar-refractivity contribution in [1.29, 1.82) is 0 Å². The van der Waals surface area contributed by atoms with Crippen LogP contribution < -0.4 is 16.8 Å². The van der Waals surface area contributed by atoms with Crippen LogP contribution in [-0.4, -0.2) is 30.6 Å². The third-order valence-corrected chi connectivity index (χ3v) is 4.17. The van der Waals surface area contributed by atoms with Crippen LogP contribution in [0.25, 0.3) is 0 Å². The van der Waals surface area contributed by atoms with Crippen LogP contribution >= 0.6 is 24.0 Å². The lowest BCUT2D eigenvalue weighted by molar-refractivity contribution is -0.138.